The van der Waals surface area contributed by atoms with Crippen molar-refractivity contribution in [2.24, 2.45) is 23.7 Å². The Balaban J connectivity index is 1.09. The molecule has 0 bridgehead atoms. The topological polar surface area (TPSA) is 3.24 Å². The molecule has 44 heavy (non-hydrogen) atoms. The van der Waals surface area contributed by atoms with Crippen LogP contribution in [-0.2, 0) is 0 Å². The van der Waals surface area contributed by atoms with Crippen LogP contribution in [0.15, 0.2) is 144 Å². The van der Waals surface area contributed by atoms with E-state index >= 15 is 0 Å². The van der Waals surface area contributed by atoms with Crippen molar-refractivity contribution in [1.82, 2.24) is 0 Å². The normalized spacial score (nSPS) is 34.5. The largest absolute Gasteiger partial charge is 0.364 e. The van der Waals surface area contributed by atoms with Crippen molar-refractivity contribution < 1.29 is 0 Å². The Hall–Kier alpha value is -3.49. The minimum absolute atomic E-state index is 0.444. The molecule has 2 heterocycles. The highest BCUT2D eigenvalue weighted by Gasteiger charge is 2.49. The third kappa shape index (κ3) is 4.52. The number of allylic oxidation sites excluding steroid dienone is 13. The van der Waals surface area contributed by atoms with E-state index in [1.165, 1.54) is 54.5 Å². The molecular weight excluding hydrogens is 551 g/mol. The smallest absolute Gasteiger partial charge is 0.0380 e. The molecule has 1 fully saturated rings. The summed E-state index contributed by atoms with van der Waals surface area (Å²) in [7, 11) is 0. The van der Waals surface area contributed by atoms with Crippen LogP contribution in [0.25, 0.3) is 11.1 Å². The summed E-state index contributed by atoms with van der Waals surface area (Å²) >= 11 is 2.16. The maximum absolute atomic E-state index is 2.91. The zero-order chi connectivity index (χ0) is 29.0. The summed E-state index contributed by atoms with van der Waals surface area (Å²) in [6.45, 7) is 0. The molecular formula is C42H41NS. The maximum atomic E-state index is 2.91. The summed E-state index contributed by atoms with van der Waals surface area (Å²) in [5, 5.41) is 0.584. The van der Waals surface area contributed by atoms with Gasteiger partial charge in [0.15, 0.2) is 0 Å². The van der Waals surface area contributed by atoms with E-state index in [4.69, 9.17) is 0 Å². The standard InChI is InChI=1S/C42H41NS/c1-3-12-28(13-4-1)31-24-32(29-14-5-2-6-15-29)26-33(25-31)43-39-20-9-7-16-35(39)38-27-30(22-23-40(38)43)34-18-11-19-37-36-17-8-10-21-41(36)44-42(34)37/h1-8,10-14,16-17,19,21,24-27,29,34-36,38-41H,9,15,18,20,22-23H2. The summed E-state index contributed by atoms with van der Waals surface area (Å²) in [6.07, 6.45) is 38.5. The first-order valence-corrected chi connectivity index (χ1v) is 17.8. The average Bonchev–Trinajstić information content (AvgIpc) is 3.64. The van der Waals surface area contributed by atoms with Gasteiger partial charge in [0.05, 0.1) is 0 Å². The van der Waals surface area contributed by atoms with E-state index in [2.05, 4.69) is 144 Å². The molecule has 0 amide bonds. The lowest BCUT2D eigenvalue weighted by atomic mass is 9.73. The fraction of sp³-hybridized carbons (Fsp3) is 0.333. The van der Waals surface area contributed by atoms with Crippen LogP contribution in [0, 0.1) is 23.7 Å². The Morgan fingerprint density at radius 3 is 2.52 bits per heavy atom. The van der Waals surface area contributed by atoms with Gasteiger partial charge in [-0.2, -0.15) is 0 Å². The summed E-state index contributed by atoms with van der Waals surface area (Å²) < 4.78 is 0. The summed E-state index contributed by atoms with van der Waals surface area (Å²) in [4.78, 5) is 4.58. The van der Waals surface area contributed by atoms with Gasteiger partial charge in [0, 0.05) is 52.6 Å². The van der Waals surface area contributed by atoms with Gasteiger partial charge in [0.2, 0.25) is 0 Å². The van der Waals surface area contributed by atoms with Gasteiger partial charge in [-0.15, -0.1) is 11.8 Å². The van der Waals surface area contributed by atoms with E-state index in [0.717, 1.165) is 6.42 Å². The lowest BCUT2D eigenvalue weighted by Crippen LogP contribution is -2.39. The molecule has 1 saturated heterocycles. The van der Waals surface area contributed by atoms with Crippen molar-refractivity contribution in [1.29, 1.82) is 0 Å². The molecule has 8 atom stereocenters. The molecule has 9 rings (SSSR count). The number of nitrogens with zero attached hydrogens (tertiary/aromatic N) is 1. The van der Waals surface area contributed by atoms with Crippen LogP contribution in [0.5, 0.6) is 0 Å². The SMILES string of the molecule is C1=CCC(c2cc(-c3ccccc3)cc(N3C4CCC=CC4C4C=C(C5CC=CC6=C5SC5C=CC=CC65)CCC43)c2)C=C1. The average molecular weight is 592 g/mol. The van der Waals surface area contributed by atoms with Crippen LogP contribution in [-0.4, -0.2) is 17.3 Å². The summed E-state index contributed by atoms with van der Waals surface area (Å²) in [5.74, 6) is 2.77. The Morgan fingerprint density at radius 1 is 0.727 bits per heavy atom. The van der Waals surface area contributed by atoms with Gasteiger partial charge >= 0.3 is 0 Å². The lowest BCUT2D eigenvalue weighted by molar-refractivity contribution is 0.419. The second-order valence-electron chi connectivity index (χ2n) is 13.7. The van der Waals surface area contributed by atoms with Crippen LogP contribution in [0.3, 0.4) is 0 Å². The van der Waals surface area contributed by atoms with Crippen LogP contribution in [0.1, 0.15) is 50.0 Å². The quantitative estimate of drug-likeness (QED) is 0.325. The Bertz CT molecular complexity index is 1700. The number of hydrogen-bond donors (Lipinski definition) is 0. The van der Waals surface area contributed by atoms with E-state index < -0.39 is 0 Å². The first-order chi connectivity index (χ1) is 21.8. The zero-order valence-corrected chi connectivity index (χ0v) is 26.2. The molecule has 0 radical (unpaired) electrons. The van der Waals surface area contributed by atoms with Gasteiger partial charge in [0.1, 0.15) is 0 Å². The molecule has 0 saturated carbocycles. The maximum Gasteiger partial charge on any atom is 0.0380 e. The summed E-state index contributed by atoms with van der Waals surface area (Å²) in [6, 6.07) is 19.7. The molecule has 2 aliphatic heterocycles. The van der Waals surface area contributed by atoms with E-state index in [1.807, 2.05) is 0 Å². The number of fused-ring (bicyclic) bond motifs is 5. The van der Waals surface area contributed by atoms with Crippen molar-refractivity contribution in [2.45, 2.75) is 61.8 Å². The van der Waals surface area contributed by atoms with Crippen LogP contribution >= 0.6 is 11.8 Å². The number of thioether (sulfide) groups is 1. The molecule has 2 heteroatoms. The fourth-order valence-corrected chi connectivity index (χ4v) is 10.9. The van der Waals surface area contributed by atoms with Gasteiger partial charge in [-0.05, 0) is 77.8 Å². The first-order valence-electron chi connectivity index (χ1n) is 16.9. The Kier molecular flexibility index (Phi) is 6.81. The third-order valence-corrected chi connectivity index (χ3v) is 12.8. The van der Waals surface area contributed by atoms with Crippen molar-refractivity contribution in [2.75, 3.05) is 4.90 Å². The van der Waals surface area contributed by atoms with Crippen LogP contribution in [0.4, 0.5) is 5.69 Å². The van der Waals surface area contributed by atoms with Gasteiger partial charge in [-0.25, -0.2) is 0 Å². The molecule has 1 nitrogen and oxygen atoms in total. The van der Waals surface area contributed by atoms with Crippen LogP contribution < -0.4 is 4.90 Å². The van der Waals surface area contributed by atoms with Crippen molar-refractivity contribution >= 4 is 17.4 Å². The number of benzene rings is 2. The Labute approximate surface area is 267 Å². The highest BCUT2D eigenvalue weighted by molar-refractivity contribution is 8.04. The van der Waals surface area contributed by atoms with Crippen molar-refractivity contribution in [3.05, 3.63) is 149 Å². The molecule has 220 valence electrons. The second kappa shape index (κ2) is 11.1. The predicted octanol–water partition coefficient (Wildman–Crippen LogP) is 10.5. The van der Waals surface area contributed by atoms with Gasteiger partial charge in [-0.1, -0.05) is 121 Å². The van der Waals surface area contributed by atoms with Crippen molar-refractivity contribution in [3.63, 3.8) is 0 Å². The van der Waals surface area contributed by atoms with Gasteiger partial charge in [-0.3, -0.25) is 0 Å². The Morgan fingerprint density at radius 2 is 1.61 bits per heavy atom. The number of rotatable bonds is 4. The second-order valence-corrected chi connectivity index (χ2v) is 14.9. The first kappa shape index (κ1) is 26.9. The van der Waals surface area contributed by atoms with Gasteiger partial charge < -0.3 is 4.90 Å². The van der Waals surface area contributed by atoms with E-state index in [0.29, 0.717) is 46.9 Å². The lowest BCUT2D eigenvalue weighted by Gasteiger charge is -2.38. The van der Waals surface area contributed by atoms with Crippen LogP contribution in [0.2, 0.25) is 0 Å². The summed E-state index contributed by atoms with van der Waals surface area (Å²) in [5.41, 5.74) is 8.90. The highest BCUT2D eigenvalue weighted by Crippen LogP contribution is 2.56. The van der Waals surface area contributed by atoms with E-state index in [1.54, 1.807) is 16.1 Å². The molecule has 0 spiro atoms. The third-order valence-electron chi connectivity index (χ3n) is 11.3. The number of hydrogen-bond acceptors (Lipinski definition) is 2. The van der Waals surface area contributed by atoms with E-state index in [9.17, 15) is 0 Å². The molecule has 2 aromatic rings. The zero-order valence-electron chi connectivity index (χ0n) is 25.3. The predicted molar refractivity (Wildman–Crippen MR) is 188 cm³/mol. The molecule has 5 aliphatic carbocycles. The molecule has 8 unspecified atom stereocenters. The molecule has 0 N–H and O–H groups in total. The fourth-order valence-electron chi connectivity index (χ4n) is 9.33. The molecule has 2 aromatic carbocycles. The van der Waals surface area contributed by atoms with Gasteiger partial charge in [0.25, 0.3) is 0 Å². The minimum Gasteiger partial charge on any atom is -0.364 e. The highest BCUT2D eigenvalue weighted by atomic mass is 32.2. The number of anilines is 1. The molecule has 7 aliphatic rings. The molecule has 0 aromatic heterocycles. The minimum atomic E-state index is 0.444. The van der Waals surface area contributed by atoms with E-state index in [-0.39, 0.29) is 0 Å². The monoisotopic (exact) mass is 591 g/mol. The van der Waals surface area contributed by atoms with Crippen molar-refractivity contribution in [3.8, 4) is 11.1 Å².